The summed E-state index contributed by atoms with van der Waals surface area (Å²) < 4.78 is 5.86. The summed E-state index contributed by atoms with van der Waals surface area (Å²) in [5.74, 6) is 1.84. The van der Waals surface area contributed by atoms with Gasteiger partial charge in [0.2, 0.25) is 0 Å². The number of pyridine rings is 1. The zero-order chi connectivity index (χ0) is 11.2. The molecule has 1 fully saturated rings. The van der Waals surface area contributed by atoms with E-state index in [1.807, 2.05) is 12.1 Å². The van der Waals surface area contributed by atoms with Gasteiger partial charge in [-0.3, -0.25) is 4.98 Å². The fraction of sp³-hybridized carbons (Fsp3) is 0.357. The third kappa shape index (κ3) is 1.42. The molecule has 3 heterocycles. The molecule has 3 nitrogen and oxygen atoms in total. The zero-order valence-corrected chi connectivity index (χ0v) is 9.52. The van der Waals surface area contributed by atoms with Gasteiger partial charge in [-0.15, -0.1) is 0 Å². The second-order valence-corrected chi connectivity index (χ2v) is 4.92. The van der Waals surface area contributed by atoms with Gasteiger partial charge in [0, 0.05) is 24.8 Å². The number of rotatable bonds is 1. The Labute approximate surface area is 99.5 Å². The highest BCUT2D eigenvalue weighted by Gasteiger charge is 2.32. The summed E-state index contributed by atoms with van der Waals surface area (Å²) in [6.45, 7) is 1.18. The molecule has 86 valence electrons. The lowest BCUT2D eigenvalue weighted by molar-refractivity contribution is 0.255. The molecule has 2 aliphatic rings. The van der Waals surface area contributed by atoms with Crippen LogP contribution in [0.5, 0.6) is 0 Å². The SMILES string of the molecule is C1=C(c2cc3ncccc3o2)CC[C@H]2CN[C@@H]12. The van der Waals surface area contributed by atoms with Crippen LogP contribution in [0.3, 0.4) is 0 Å². The van der Waals surface area contributed by atoms with Gasteiger partial charge < -0.3 is 9.73 Å². The lowest BCUT2D eigenvalue weighted by atomic mass is 9.80. The van der Waals surface area contributed by atoms with E-state index in [4.69, 9.17) is 4.42 Å². The van der Waals surface area contributed by atoms with Crippen molar-refractivity contribution in [2.24, 2.45) is 5.92 Å². The first-order valence-electron chi connectivity index (χ1n) is 6.19. The first kappa shape index (κ1) is 9.42. The van der Waals surface area contributed by atoms with E-state index in [9.17, 15) is 0 Å². The second-order valence-electron chi connectivity index (χ2n) is 4.92. The Bertz CT molecular complexity index is 566. The highest BCUT2D eigenvalue weighted by Crippen LogP contribution is 2.35. The van der Waals surface area contributed by atoms with Gasteiger partial charge in [0.05, 0.1) is 0 Å². The minimum Gasteiger partial charge on any atom is -0.455 e. The van der Waals surface area contributed by atoms with Crippen molar-refractivity contribution in [2.45, 2.75) is 18.9 Å². The smallest absolute Gasteiger partial charge is 0.153 e. The largest absolute Gasteiger partial charge is 0.455 e. The maximum atomic E-state index is 5.86. The van der Waals surface area contributed by atoms with E-state index in [-0.39, 0.29) is 0 Å². The lowest BCUT2D eigenvalue weighted by Crippen LogP contribution is -2.52. The third-order valence-corrected chi connectivity index (χ3v) is 3.89. The van der Waals surface area contributed by atoms with Crippen molar-refractivity contribution in [3.63, 3.8) is 0 Å². The van der Waals surface area contributed by atoms with Gasteiger partial charge in [-0.2, -0.15) is 0 Å². The van der Waals surface area contributed by atoms with Crippen LogP contribution in [0.15, 0.2) is 34.9 Å². The summed E-state index contributed by atoms with van der Waals surface area (Å²) in [5.41, 5.74) is 3.16. The summed E-state index contributed by atoms with van der Waals surface area (Å²) >= 11 is 0. The molecule has 2 aromatic rings. The van der Waals surface area contributed by atoms with Crippen LogP contribution in [0.4, 0.5) is 0 Å². The minimum absolute atomic E-state index is 0.569. The lowest BCUT2D eigenvalue weighted by Gasteiger charge is -2.39. The van der Waals surface area contributed by atoms with Crippen LogP contribution in [-0.2, 0) is 0 Å². The zero-order valence-electron chi connectivity index (χ0n) is 9.52. The first-order valence-corrected chi connectivity index (χ1v) is 6.19. The predicted octanol–water partition coefficient (Wildman–Crippen LogP) is 2.59. The van der Waals surface area contributed by atoms with Crippen molar-refractivity contribution in [1.29, 1.82) is 0 Å². The highest BCUT2D eigenvalue weighted by atomic mass is 16.3. The number of hydrogen-bond donors (Lipinski definition) is 1. The summed E-state index contributed by atoms with van der Waals surface area (Å²) in [7, 11) is 0. The Balaban J connectivity index is 1.76. The number of hydrogen-bond acceptors (Lipinski definition) is 3. The Morgan fingerprint density at radius 3 is 3.18 bits per heavy atom. The van der Waals surface area contributed by atoms with Crippen LogP contribution in [0.2, 0.25) is 0 Å². The van der Waals surface area contributed by atoms with Crippen LogP contribution < -0.4 is 5.32 Å². The molecule has 0 saturated carbocycles. The van der Waals surface area contributed by atoms with Crippen LogP contribution in [-0.4, -0.2) is 17.6 Å². The van der Waals surface area contributed by atoms with Gasteiger partial charge in [-0.25, -0.2) is 0 Å². The van der Waals surface area contributed by atoms with Gasteiger partial charge >= 0.3 is 0 Å². The monoisotopic (exact) mass is 226 g/mol. The average molecular weight is 226 g/mol. The molecule has 0 unspecified atom stereocenters. The van der Waals surface area contributed by atoms with Gasteiger partial charge in [-0.05, 0) is 36.5 Å². The molecule has 17 heavy (non-hydrogen) atoms. The predicted molar refractivity (Wildman–Crippen MR) is 66.5 cm³/mol. The van der Waals surface area contributed by atoms with Gasteiger partial charge in [0.25, 0.3) is 0 Å². The number of nitrogens with one attached hydrogen (secondary N) is 1. The molecule has 1 N–H and O–H groups in total. The molecular weight excluding hydrogens is 212 g/mol. The molecule has 2 atom stereocenters. The Morgan fingerprint density at radius 1 is 1.41 bits per heavy atom. The van der Waals surface area contributed by atoms with Gasteiger partial charge in [0.1, 0.15) is 11.3 Å². The quantitative estimate of drug-likeness (QED) is 0.812. The highest BCUT2D eigenvalue weighted by molar-refractivity contribution is 5.78. The van der Waals surface area contributed by atoms with Crippen molar-refractivity contribution < 1.29 is 4.42 Å². The second kappa shape index (κ2) is 3.44. The van der Waals surface area contributed by atoms with E-state index in [0.29, 0.717) is 6.04 Å². The molecule has 0 amide bonds. The van der Waals surface area contributed by atoms with E-state index in [1.54, 1.807) is 6.20 Å². The third-order valence-electron chi connectivity index (χ3n) is 3.89. The Kier molecular flexibility index (Phi) is 1.91. The van der Waals surface area contributed by atoms with Crippen molar-refractivity contribution >= 4 is 16.7 Å². The number of furan rings is 1. The molecule has 0 radical (unpaired) electrons. The van der Waals surface area contributed by atoms with E-state index in [0.717, 1.165) is 29.2 Å². The molecular formula is C14H14N2O. The Hall–Kier alpha value is -1.61. The van der Waals surface area contributed by atoms with E-state index < -0.39 is 0 Å². The van der Waals surface area contributed by atoms with Crippen molar-refractivity contribution in [1.82, 2.24) is 10.3 Å². The van der Waals surface area contributed by atoms with E-state index >= 15 is 0 Å². The molecule has 1 aliphatic carbocycles. The van der Waals surface area contributed by atoms with Crippen molar-refractivity contribution in [3.05, 3.63) is 36.2 Å². The summed E-state index contributed by atoms with van der Waals surface area (Å²) in [6.07, 6.45) is 6.53. The summed E-state index contributed by atoms with van der Waals surface area (Å²) in [6, 6.07) is 6.51. The van der Waals surface area contributed by atoms with Gasteiger partial charge in [-0.1, -0.05) is 6.08 Å². The molecule has 1 aliphatic heterocycles. The van der Waals surface area contributed by atoms with E-state index in [2.05, 4.69) is 22.4 Å². The average Bonchev–Trinajstić information content (AvgIpc) is 2.74. The van der Waals surface area contributed by atoms with Crippen molar-refractivity contribution in [2.75, 3.05) is 6.54 Å². The number of aromatic nitrogens is 1. The van der Waals surface area contributed by atoms with Crippen molar-refractivity contribution in [3.8, 4) is 0 Å². The molecule has 0 aromatic carbocycles. The van der Waals surface area contributed by atoms with E-state index in [1.165, 1.54) is 18.5 Å². The molecule has 3 heteroatoms. The maximum Gasteiger partial charge on any atom is 0.153 e. The summed E-state index contributed by atoms with van der Waals surface area (Å²) in [5, 5.41) is 3.45. The van der Waals surface area contributed by atoms with Crippen LogP contribution >= 0.6 is 0 Å². The fourth-order valence-electron chi connectivity index (χ4n) is 2.77. The van der Waals surface area contributed by atoms with Crippen LogP contribution in [0.1, 0.15) is 18.6 Å². The number of allylic oxidation sites excluding steroid dienone is 1. The van der Waals surface area contributed by atoms with Crippen LogP contribution in [0.25, 0.3) is 16.7 Å². The molecule has 0 spiro atoms. The van der Waals surface area contributed by atoms with Crippen LogP contribution in [0, 0.1) is 5.92 Å². The maximum absolute atomic E-state index is 5.86. The fourth-order valence-corrected chi connectivity index (χ4v) is 2.77. The summed E-state index contributed by atoms with van der Waals surface area (Å²) in [4.78, 5) is 4.31. The standard InChI is InChI=1S/C14H14N2O/c1-2-13-12(15-5-1)7-14(17-13)9-3-4-10-8-16-11(10)6-9/h1-2,5-7,10-11,16H,3-4,8H2/t10-,11-/m0/s1. The number of fused-ring (bicyclic) bond motifs is 2. The number of nitrogens with zero attached hydrogens (tertiary/aromatic N) is 1. The molecule has 1 saturated heterocycles. The molecule has 0 bridgehead atoms. The Morgan fingerprint density at radius 2 is 2.41 bits per heavy atom. The first-order chi connectivity index (χ1) is 8.40. The minimum atomic E-state index is 0.569. The van der Waals surface area contributed by atoms with Gasteiger partial charge in [0.15, 0.2) is 5.58 Å². The topological polar surface area (TPSA) is 38.1 Å². The molecule has 4 rings (SSSR count). The molecule has 2 aromatic heterocycles. The normalized spacial score (nSPS) is 27.4.